The van der Waals surface area contributed by atoms with Crippen molar-refractivity contribution in [3.63, 3.8) is 0 Å². The Balaban J connectivity index is 1.33. The van der Waals surface area contributed by atoms with Crippen molar-refractivity contribution in [2.75, 3.05) is 5.32 Å². The highest BCUT2D eigenvalue weighted by molar-refractivity contribution is 6.05. The number of primary amides is 1. The fraction of sp³-hybridized carbons (Fsp3) is 0.292. The van der Waals surface area contributed by atoms with Crippen LogP contribution in [0.5, 0.6) is 5.75 Å². The number of nitrogens with two attached hydrogens (primary N) is 1. The first-order chi connectivity index (χ1) is 16.6. The van der Waals surface area contributed by atoms with E-state index < -0.39 is 30.2 Å². The van der Waals surface area contributed by atoms with Gasteiger partial charge in [-0.05, 0) is 42.5 Å². The van der Waals surface area contributed by atoms with Gasteiger partial charge >= 0.3 is 18.4 Å². The number of carbonyl (C=O) groups is 3. The Bertz CT molecular complexity index is 1340. The Morgan fingerprint density at radius 2 is 1.86 bits per heavy atom. The van der Waals surface area contributed by atoms with E-state index >= 15 is 0 Å². The largest absolute Gasteiger partial charge is 0.573 e. The first-order valence-corrected chi connectivity index (χ1v) is 11.0. The van der Waals surface area contributed by atoms with Crippen molar-refractivity contribution >= 4 is 34.4 Å². The molecule has 5 rings (SSSR count). The van der Waals surface area contributed by atoms with Gasteiger partial charge < -0.3 is 20.7 Å². The van der Waals surface area contributed by atoms with E-state index in [1.165, 1.54) is 27.8 Å². The molecule has 1 saturated carbocycles. The van der Waals surface area contributed by atoms with Crippen LogP contribution in [0.3, 0.4) is 0 Å². The third kappa shape index (κ3) is 4.53. The summed E-state index contributed by atoms with van der Waals surface area (Å²) in [5, 5.41) is 3.42. The summed E-state index contributed by atoms with van der Waals surface area (Å²) in [4.78, 5) is 39.6. The van der Waals surface area contributed by atoms with Gasteiger partial charge in [-0.25, -0.2) is 9.59 Å². The number of nitrogens with zero attached hydrogens (tertiary/aromatic N) is 2. The molecule has 2 heterocycles. The number of nitrogens with one attached hydrogen (secondary N) is 1. The molecule has 1 aliphatic heterocycles. The molecule has 3 amide bonds. The van der Waals surface area contributed by atoms with Crippen LogP contribution in [0, 0.1) is 5.92 Å². The minimum Gasteiger partial charge on any atom is -0.406 e. The maximum absolute atomic E-state index is 13.2. The number of hydrogen-bond acceptors (Lipinski definition) is 4. The van der Waals surface area contributed by atoms with Gasteiger partial charge in [0.2, 0.25) is 0 Å². The van der Waals surface area contributed by atoms with E-state index in [1.807, 2.05) is 0 Å². The van der Waals surface area contributed by atoms with Crippen LogP contribution >= 0.6 is 0 Å². The van der Waals surface area contributed by atoms with Gasteiger partial charge in [-0.15, -0.1) is 13.2 Å². The van der Waals surface area contributed by atoms with Crippen LogP contribution in [0.15, 0.2) is 54.7 Å². The van der Waals surface area contributed by atoms with Gasteiger partial charge in [-0.2, -0.15) is 0 Å². The lowest BCUT2D eigenvalue weighted by Crippen LogP contribution is -2.45. The molecule has 3 aromatic rings. The van der Waals surface area contributed by atoms with Crippen molar-refractivity contribution in [1.29, 1.82) is 0 Å². The average Bonchev–Trinajstić information content (AvgIpc) is 3.28. The number of para-hydroxylation sites is 1. The van der Waals surface area contributed by atoms with Gasteiger partial charge in [-0.1, -0.05) is 30.3 Å². The maximum Gasteiger partial charge on any atom is 0.573 e. The molecule has 11 heteroatoms. The Kier molecular flexibility index (Phi) is 5.42. The number of ketones is 1. The number of fused-ring (bicyclic) bond motifs is 2. The van der Waals surface area contributed by atoms with Crippen LogP contribution < -0.4 is 15.8 Å². The fourth-order valence-corrected chi connectivity index (χ4v) is 4.85. The number of aromatic nitrogens is 1. The number of rotatable bonds is 5. The second-order valence-corrected chi connectivity index (χ2v) is 8.76. The lowest BCUT2D eigenvalue weighted by Gasteiger charge is -2.27. The number of urea groups is 1. The molecule has 3 atom stereocenters. The molecule has 2 aliphatic rings. The number of benzene rings is 2. The average molecular weight is 486 g/mol. The van der Waals surface area contributed by atoms with Gasteiger partial charge in [0.1, 0.15) is 5.75 Å². The zero-order valence-corrected chi connectivity index (χ0v) is 18.3. The molecule has 182 valence electrons. The molecule has 1 aromatic heterocycles. The summed E-state index contributed by atoms with van der Waals surface area (Å²) in [6, 6.07) is 10.3. The summed E-state index contributed by atoms with van der Waals surface area (Å²) < 4.78 is 42.7. The normalized spacial score (nSPS) is 21.0. The van der Waals surface area contributed by atoms with Gasteiger partial charge in [0.25, 0.3) is 0 Å². The van der Waals surface area contributed by atoms with Crippen LogP contribution in [0.1, 0.15) is 18.4 Å². The number of hydrogen-bond donors (Lipinski definition) is 2. The summed E-state index contributed by atoms with van der Waals surface area (Å²) in [6.07, 6.45) is -2.24. The van der Waals surface area contributed by atoms with Gasteiger partial charge in [0, 0.05) is 24.0 Å². The van der Waals surface area contributed by atoms with Crippen molar-refractivity contribution < 1.29 is 32.3 Å². The van der Waals surface area contributed by atoms with Crippen LogP contribution in [-0.2, 0) is 11.2 Å². The fourth-order valence-electron chi connectivity index (χ4n) is 4.85. The molecule has 0 radical (unpaired) electrons. The molecule has 2 aromatic carbocycles. The second kappa shape index (κ2) is 8.33. The predicted octanol–water partition coefficient (Wildman–Crippen LogP) is 4.27. The highest BCUT2D eigenvalue weighted by atomic mass is 19.4. The molecular formula is C24H21F3N4O4. The summed E-state index contributed by atoms with van der Waals surface area (Å²) in [6.45, 7) is 0. The molecule has 1 unspecified atom stereocenters. The van der Waals surface area contributed by atoms with E-state index in [-0.39, 0.29) is 24.2 Å². The number of piperidine rings is 1. The smallest absolute Gasteiger partial charge is 0.406 e. The van der Waals surface area contributed by atoms with Crippen LogP contribution in [0.25, 0.3) is 10.9 Å². The molecular weight excluding hydrogens is 465 g/mol. The van der Waals surface area contributed by atoms with Crippen molar-refractivity contribution in [2.24, 2.45) is 11.7 Å². The summed E-state index contributed by atoms with van der Waals surface area (Å²) in [7, 11) is 0. The zero-order valence-electron chi connectivity index (χ0n) is 18.3. The Morgan fingerprint density at radius 1 is 1.09 bits per heavy atom. The van der Waals surface area contributed by atoms with Crippen molar-refractivity contribution in [3.05, 3.63) is 60.3 Å². The minimum absolute atomic E-state index is 0.0756. The number of carbonyl (C=O) groups excluding carboxylic acids is 3. The van der Waals surface area contributed by atoms with E-state index in [0.29, 0.717) is 28.6 Å². The number of alkyl halides is 3. The summed E-state index contributed by atoms with van der Waals surface area (Å²) in [5.41, 5.74) is 6.72. The number of anilines is 1. The molecule has 1 saturated heterocycles. The molecule has 8 nitrogen and oxygen atoms in total. The van der Waals surface area contributed by atoms with E-state index in [1.54, 1.807) is 30.3 Å². The maximum atomic E-state index is 13.2. The summed E-state index contributed by atoms with van der Waals surface area (Å²) in [5.74, 6) is -0.463. The second-order valence-electron chi connectivity index (χ2n) is 8.76. The molecule has 2 fully saturated rings. The van der Waals surface area contributed by atoms with E-state index in [2.05, 4.69) is 10.1 Å². The molecule has 1 aliphatic carbocycles. The van der Waals surface area contributed by atoms with Crippen molar-refractivity contribution in [1.82, 2.24) is 9.47 Å². The number of halogens is 3. The van der Waals surface area contributed by atoms with Gasteiger partial charge in [0.15, 0.2) is 5.78 Å². The van der Waals surface area contributed by atoms with Crippen molar-refractivity contribution in [2.45, 2.75) is 37.7 Å². The standard InChI is InChI=1S/C24H21F3N4O4/c25-24(26,27)35-15-5-3-4-13(8-15)9-21(32)20-11-14-10-19(14)31(20)23(34)29-17-12-30(22(28)33)18-7-2-1-6-16(17)18/h1-8,12,14,19-20H,9-11H2,(H2,28,33)(H,29,34)/t14?,19-,20-/m0/s1. The van der Waals surface area contributed by atoms with Gasteiger partial charge in [-0.3, -0.25) is 9.36 Å². The highest BCUT2D eigenvalue weighted by Gasteiger charge is 2.55. The van der Waals surface area contributed by atoms with Crippen LogP contribution in [0.4, 0.5) is 28.4 Å². The highest BCUT2D eigenvalue weighted by Crippen LogP contribution is 2.48. The molecule has 0 spiro atoms. The van der Waals surface area contributed by atoms with E-state index in [0.717, 1.165) is 12.5 Å². The molecule has 0 bridgehead atoms. The number of amides is 3. The third-order valence-corrected chi connectivity index (χ3v) is 6.41. The van der Waals surface area contributed by atoms with Crippen molar-refractivity contribution in [3.8, 4) is 5.75 Å². The quantitative estimate of drug-likeness (QED) is 0.562. The first-order valence-electron chi connectivity index (χ1n) is 11.0. The minimum atomic E-state index is -4.83. The van der Waals surface area contributed by atoms with Gasteiger partial charge in [0.05, 0.1) is 17.2 Å². The number of ether oxygens (including phenoxy) is 1. The number of Topliss-reactive ketones (excluding diaryl/α,β-unsaturated/α-hetero) is 1. The Labute approximate surface area is 197 Å². The Morgan fingerprint density at radius 3 is 2.60 bits per heavy atom. The first kappa shape index (κ1) is 22.8. The van der Waals surface area contributed by atoms with Crippen LogP contribution in [-0.4, -0.2) is 45.8 Å². The summed E-state index contributed by atoms with van der Waals surface area (Å²) >= 11 is 0. The lowest BCUT2D eigenvalue weighted by atomic mass is 10.0. The zero-order chi connectivity index (χ0) is 24.9. The number of likely N-dealkylation sites (tertiary alicyclic amines) is 1. The monoisotopic (exact) mass is 486 g/mol. The SMILES string of the molecule is NC(=O)n1cc(NC(=O)N2[C@H](C(=O)Cc3cccc(OC(F)(F)F)c3)CC3C[C@@H]32)c2ccccc21. The topological polar surface area (TPSA) is 107 Å². The van der Waals surface area contributed by atoms with E-state index in [4.69, 9.17) is 5.73 Å². The van der Waals surface area contributed by atoms with E-state index in [9.17, 15) is 27.6 Å². The molecule has 35 heavy (non-hydrogen) atoms. The Hall–Kier alpha value is -4.02. The van der Waals surface area contributed by atoms with Crippen LogP contribution in [0.2, 0.25) is 0 Å². The third-order valence-electron chi connectivity index (χ3n) is 6.41. The molecule has 3 N–H and O–H groups in total. The lowest BCUT2D eigenvalue weighted by molar-refractivity contribution is -0.274. The predicted molar refractivity (Wildman–Crippen MR) is 120 cm³/mol.